The fourth-order valence-electron chi connectivity index (χ4n) is 1.71. The lowest BCUT2D eigenvalue weighted by Gasteiger charge is -2.27. The Kier molecular flexibility index (Phi) is 3.65. The highest BCUT2D eigenvalue weighted by atomic mass is 16.8. The summed E-state index contributed by atoms with van der Waals surface area (Å²) in [6.45, 7) is 8.85. The number of carbonyl (C=O) groups is 1. The molecule has 2 aliphatic rings. The standard InChI is InChI=1S/C12H20N2O4/c1-12(2,3)10-16-8-9(17-10)18-11(15)14-6-4-13-5-7-14/h8,10,13H,4-7H2,1-3H3. The van der Waals surface area contributed by atoms with E-state index < -0.39 is 6.29 Å². The first-order valence-corrected chi connectivity index (χ1v) is 6.16. The second kappa shape index (κ2) is 5.06. The summed E-state index contributed by atoms with van der Waals surface area (Å²) in [4.78, 5) is 13.5. The van der Waals surface area contributed by atoms with Crippen molar-refractivity contribution in [1.82, 2.24) is 10.2 Å². The second-order valence-electron chi connectivity index (χ2n) is 5.49. The number of hydrogen-bond acceptors (Lipinski definition) is 5. The van der Waals surface area contributed by atoms with Gasteiger partial charge in [0.2, 0.25) is 6.29 Å². The predicted molar refractivity (Wildman–Crippen MR) is 64.4 cm³/mol. The van der Waals surface area contributed by atoms with Gasteiger partial charge in [0.05, 0.1) is 0 Å². The van der Waals surface area contributed by atoms with E-state index in [2.05, 4.69) is 5.32 Å². The molecule has 0 aromatic rings. The minimum Gasteiger partial charge on any atom is -0.454 e. The van der Waals surface area contributed by atoms with Crippen molar-refractivity contribution >= 4 is 6.09 Å². The van der Waals surface area contributed by atoms with Gasteiger partial charge in [-0.25, -0.2) is 4.79 Å². The molecule has 2 aliphatic heterocycles. The van der Waals surface area contributed by atoms with E-state index in [4.69, 9.17) is 14.2 Å². The van der Waals surface area contributed by atoms with Crippen LogP contribution in [0.3, 0.4) is 0 Å². The summed E-state index contributed by atoms with van der Waals surface area (Å²) in [6.07, 6.45) is 0.556. The van der Waals surface area contributed by atoms with Crippen molar-refractivity contribution in [3.63, 3.8) is 0 Å². The number of piperazine rings is 1. The fourth-order valence-corrected chi connectivity index (χ4v) is 1.71. The van der Waals surface area contributed by atoms with Crippen LogP contribution in [0.5, 0.6) is 0 Å². The summed E-state index contributed by atoms with van der Waals surface area (Å²) in [7, 11) is 0. The average Bonchev–Trinajstić information content (AvgIpc) is 2.78. The molecule has 1 saturated heterocycles. The zero-order valence-corrected chi connectivity index (χ0v) is 11.1. The third kappa shape index (κ3) is 3.07. The summed E-state index contributed by atoms with van der Waals surface area (Å²) in [5.41, 5.74) is -0.167. The summed E-state index contributed by atoms with van der Waals surface area (Å²) >= 11 is 0. The zero-order chi connectivity index (χ0) is 13.2. The summed E-state index contributed by atoms with van der Waals surface area (Å²) in [5.74, 6) is 0.137. The van der Waals surface area contributed by atoms with Gasteiger partial charge in [-0.1, -0.05) is 20.8 Å². The first-order chi connectivity index (χ1) is 8.47. The van der Waals surface area contributed by atoms with Crippen molar-refractivity contribution in [2.75, 3.05) is 26.2 Å². The Hall–Kier alpha value is -1.43. The number of nitrogens with one attached hydrogen (secondary N) is 1. The number of rotatable bonds is 1. The van der Waals surface area contributed by atoms with Gasteiger partial charge >= 0.3 is 12.0 Å². The van der Waals surface area contributed by atoms with Crippen molar-refractivity contribution in [3.05, 3.63) is 12.2 Å². The Morgan fingerprint density at radius 3 is 2.67 bits per heavy atom. The highest BCUT2D eigenvalue weighted by Gasteiger charge is 2.34. The largest absolute Gasteiger partial charge is 0.454 e. The molecule has 0 aromatic carbocycles. The number of nitrogens with zero attached hydrogens (tertiary/aromatic N) is 1. The van der Waals surface area contributed by atoms with Crippen molar-refractivity contribution in [3.8, 4) is 0 Å². The minimum atomic E-state index is -0.414. The van der Waals surface area contributed by atoms with E-state index in [1.165, 1.54) is 6.26 Å². The number of hydrogen-bond donors (Lipinski definition) is 1. The van der Waals surface area contributed by atoms with Crippen LogP contribution in [-0.2, 0) is 14.2 Å². The van der Waals surface area contributed by atoms with Crippen LogP contribution in [0.25, 0.3) is 0 Å². The van der Waals surface area contributed by atoms with E-state index in [-0.39, 0.29) is 17.5 Å². The molecule has 6 heteroatoms. The molecule has 1 unspecified atom stereocenters. The maximum absolute atomic E-state index is 11.8. The van der Waals surface area contributed by atoms with Crippen LogP contribution in [-0.4, -0.2) is 43.5 Å². The number of ether oxygens (including phenoxy) is 3. The van der Waals surface area contributed by atoms with Crippen molar-refractivity contribution in [2.45, 2.75) is 27.1 Å². The molecule has 2 heterocycles. The molecule has 18 heavy (non-hydrogen) atoms. The van der Waals surface area contributed by atoms with Crippen LogP contribution >= 0.6 is 0 Å². The van der Waals surface area contributed by atoms with E-state index in [9.17, 15) is 4.79 Å². The normalized spacial score (nSPS) is 24.1. The van der Waals surface area contributed by atoms with Gasteiger partial charge in [-0.15, -0.1) is 0 Å². The smallest absolute Gasteiger partial charge is 0.417 e. The minimum absolute atomic E-state index is 0.137. The molecule has 0 bridgehead atoms. The van der Waals surface area contributed by atoms with Crippen LogP contribution in [0.2, 0.25) is 0 Å². The van der Waals surface area contributed by atoms with E-state index in [1.54, 1.807) is 4.90 Å². The molecule has 0 saturated carbocycles. The van der Waals surface area contributed by atoms with Gasteiger partial charge in [-0.05, 0) is 0 Å². The molecular formula is C12H20N2O4. The summed E-state index contributed by atoms with van der Waals surface area (Å²) in [6, 6.07) is 0. The molecule has 102 valence electrons. The Balaban J connectivity index is 1.82. The van der Waals surface area contributed by atoms with Gasteiger partial charge < -0.3 is 24.4 Å². The Bertz CT molecular complexity index is 342. The Morgan fingerprint density at radius 2 is 2.11 bits per heavy atom. The lowest BCUT2D eigenvalue weighted by molar-refractivity contribution is -0.123. The molecular weight excluding hydrogens is 236 g/mol. The molecule has 1 N–H and O–H groups in total. The third-order valence-electron chi connectivity index (χ3n) is 2.78. The molecule has 1 fully saturated rings. The molecule has 6 nitrogen and oxygen atoms in total. The number of carbonyl (C=O) groups excluding carboxylic acids is 1. The van der Waals surface area contributed by atoms with Crippen molar-refractivity contribution < 1.29 is 19.0 Å². The average molecular weight is 256 g/mol. The van der Waals surface area contributed by atoms with Crippen molar-refractivity contribution in [2.24, 2.45) is 5.41 Å². The Morgan fingerprint density at radius 1 is 1.44 bits per heavy atom. The van der Waals surface area contributed by atoms with Gasteiger partial charge in [-0.3, -0.25) is 0 Å². The summed E-state index contributed by atoms with van der Waals surface area (Å²) < 4.78 is 15.9. The lowest BCUT2D eigenvalue weighted by Crippen LogP contribution is -2.46. The van der Waals surface area contributed by atoms with Gasteiger partial charge in [0.1, 0.15) is 0 Å². The molecule has 1 amide bonds. The van der Waals surface area contributed by atoms with Gasteiger partial charge in [0.15, 0.2) is 6.26 Å². The first-order valence-electron chi connectivity index (χ1n) is 6.16. The lowest BCUT2D eigenvalue weighted by atomic mass is 9.96. The zero-order valence-electron chi connectivity index (χ0n) is 11.1. The van der Waals surface area contributed by atoms with Gasteiger partial charge in [0, 0.05) is 31.6 Å². The fraction of sp³-hybridized carbons (Fsp3) is 0.750. The van der Waals surface area contributed by atoms with Crippen LogP contribution in [0.15, 0.2) is 12.2 Å². The van der Waals surface area contributed by atoms with Gasteiger partial charge in [0.25, 0.3) is 0 Å². The molecule has 0 radical (unpaired) electrons. The van der Waals surface area contributed by atoms with E-state index >= 15 is 0 Å². The predicted octanol–water partition coefficient (Wildman–Crippen LogP) is 1.25. The van der Waals surface area contributed by atoms with Crippen LogP contribution < -0.4 is 5.32 Å². The van der Waals surface area contributed by atoms with Crippen LogP contribution in [0.4, 0.5) is 4.79 Å². The highest BCUT2D eigenvalue weighted by molar-refractivity contribution is 5.68. The molecule has 0 spiro atoms. The van der Waals surface area contributed by atoms with Crippen molar-refractivity contribution in [1.29, 1.82) is 0 Å². The highest BCUT2D eigenvalue weighted by Crippen LogP contribution is 2.30. The molecule has 1 atom stereocenters. The topological polar surface area (TPSA) is 60.0 Å². The quantitative estimate of drug-likeness (QED) is 0.765. The van der Waals surface area contributed by atoms with E-state index in [1.807, 2.05) is 20.8 Å². The van der Waals surface area contributed by atoms with E-state index in [0.29, 0.717) is 13.1 Å². The monoisotopic (exact) mass is 256 g/mol. The maximum Gasteiger partial charge on any atom is 0.417 e. The van der Waals surface area contributed by atoms with Gasteiger partial charge in [-0.2, -0.15) is 0 Å². The second-order valence-corrected chi connectivity index (χ2v) is 5.49. The molecule has 0 aliphatic carbocycles. The summed E-state index contributed by atoms with van der Waals surface area (Å²) in [5, 5.41) is 3.17. The number of amides is 1. The first kappa shape index (κ1) is 13.0. The SMILES string of the molecule is CC(C)(C)C1OC=C(OC(=O)N2CCNCC2)O1. The Labute approximate surface area is 107 Å². The van der Waals surface area contributed by atoms with Crippen LogP contribution in [0, 0.1) is 5.41 Å². The molecule has 2 rings (SSSR count). The maximum atomic E-state index is 11.8. The third-order valence-corrected chi connectivity index (χ3v) is 2.78. The van der Waals surface area contributed by atoms with E-state index in [0.717, 1.165) is 13.1 Å². The van der Waals surface area contributed by atoms with Crippen LogP contribution in [0.1, 0.15) is 20.8 Å². The molecule has 0 aromatic heterocycles.